The van der Waals surface area contributed by atoms with Gasteiger partial charge >= 0.3 is 5.97 Å². The summed E-state index contributed by atoms with van der Waals surface area (Å²) in [6.45, 7) is 4.18. The molecule has 1 aromatic carbocycles. The summed E-state index contributed by atoms with van der Waals surface area (Å²) in [5.74, 6) is -0.971. The zero-order valence-electron chi connectivity index (χ0n) is 15.5. The minimum absolute atomic E-state index is 0.00550. The summed E-state index contributed by atoms with van der Waals surface area (Å²) in [6.07, 6.45) is 2.24. The summed E-state index contributed by atoms with van der Waals surface area (Å²) in [7, 11) is -3.40. The molecule has 11 heteroatoms. The van der Waals surface area contributed by atoms with Crippen molar-refractivity contribution in [2.45, 2.75) is 11.1 Å². The minimum Gasteiger partial charge on any atom is -0.425 e. The third kappa shape index (κ3) is 6.68. The molecule has 0 radical (unpaired) electrons. The predicted octanol–water partition coefficient (Wildman–Crippen LogP) is 0.903. The van der Waals surface area contributed by atoms with Crippen molar-refractivity contribution in [3.63, 3.8) is 0 Å². The van der Waals surface area contributed by atoms with Crippen LogP contribution in [-0.2, 0) is 14.6 Å². The molecule has 9 nitrogen and oxygen atoms in total. The number of thiazole rings is 1. The summed E-state index contributed by atoms with van der Waals surface area (Å²) in [5.41, 5.74) is 0.139. The maximum absolute atomic E-state index is 12.5. The Morgan fingerprint density at radius 3 is 2.57 bits per heavy atom. The highest BCUT2D eigenvalue weighted by atomic mass is 32.2. The van der Waals surface area contributed by atoms with Crippen molar-refractivity contribution >= 4 is 38.2 Å². The van der Waals surface area contributed by atoms with Crippen molar-refractivity contribution in [3.8, 4) is 5.75 Å². The molecule has 0 unspecified atom stereocenters. The second-order valence-electron chi connectivity index (χ2n) is 5.71. The fourth-order valence-corrected chi connectivity index (χ4v) is 3.73. The Balaban J connectivity index is 1.99. The van der Waals surface area contributed by atoms with E-state index < -0.39 is 21.7 Å². The average Bonchev–Trinajstić information content (AvgIpc) is 3.11. The van der Waals surface area contributed by atoms with Crippen LogP contribution in [0.1, 0.15) is 17.3 Å². The van der Waals surface area contributed by atoms with Crippen LogP contribution in [0.4, 0.5) is 5.13 Å². The molecule has 152 valence electrons. The molecule has 0 aliphatic carbocycles. The van der Waals surface area contributed by atoms with Gasteiger partial charge in [0.2, 0.25) is 0 Å². The van der Waals surface area contributed by atoms with Crippen molar-refractivity contribution < 1.29 is 22.7 Å². The number of hydrogen-bond donors (Lipinski definition) is 3. The third-order valence-electron chi connectivity index (χ3n) is 3.42. The molecule has 0 aliphatic heterocycles. The molecule has 2 aromatic rings. The van der Waals surface area contributed by atoms with E-state index in [0.717, 1.165) is 30.7 Å². The number of para-hydroxylation sites is 1. The van der Waals surface area contributed by atoms with Gasteiger partial charge in [-0.1, -0.05) is 30.4 Å². The average molecular weight is 427 g/mol. The van der Waals surface area contributed by atoms with E-state index in [1.807, 2.05) is 6.92 Å². The fraction of sp³-hybridized carbons (Fsp3) is 0.353. The van der Waals surface area contributed by atoms with Crippen LogP contribution in [0.3, 0.4) is 0 Å². The van der Waals surface area contributed by atoms with Crippen molar-refractivity contribution in [2.24, 2.45) is 0 Å². The number of aromatic nitrogens is 1. The van der Waals surface area contributed by atoms with E-state index in [9.17, 15) is 18.0 Å². The van der Waals surface area contributed by atoms with E-state index in [1.54, 1.807) is 12.1 Å². The Hall–Kier alpha value is -2.34. The molecular weight excluding hydrogens is 404 g/mol. The van der Waals surface area contributed by atoms with E-state index >= 15 is 0 Å². The van der Waals surface area contributed by atoms with Crippen LogP contribution in [0.5, 0.6) is 5.75 Å². The highest BCUT2D eigenvalue weighted by Gasteiger charge is 2.18. The lowest BCUT2D eigenvalue weighted by Gasteiger charge is -2.10. The lowest BCUT2D eigenvalue weighted by molar-refractivity contribution is -0.133. The number of ether oxygens (including phenoxy) is 1. The van der Waals surface area contributed by atoms with Crippen LogP contribution in [0.25, 0.3) is 0 Å². The van der Waals surface area contributed by atoms with Gasteiger partial charge in [-0.3, -0.25) is 14.9 Å². The zero-order valence-corrected chi connectivity index (χ0v) is 17.2. The second-order valence-corrected chi connectivity index (χ2v) is 8.98. The maximum atomic E-state index is 12.5. The smallest absolute Gasteiger partial charge is 0.325 e. The Morgan fingerprint density at radius 2 is 1.89 bits per heavy atom. The lowest BCUT2D eigenvalue weighted by atomic mass is 10.2. The number of hydrogen-bond acceptors (Lipinski definition) is 9. The van der Waals surface area contributed by atoms with Crippen LogP contribution in [0.15, 0.2) is 34.7 Å². The van der Waals surface area contributed by atoms with Crippen LogP contribution in [-0.4, -0.2) is 57.7 Å². The second kappa shape index (κ2) is 10.3. The van der Waals surface area contributed by atoms with Gasteiger partial charge in [0.05, 0.1) is 18.3 Å². The van der Waals surface area contributed by atoms with Gasteiger partial charge in [-0.2, -0.15) is 0 Å². The molecule has 0 fully saturated rings. The number of carbonyl (C=O) groups is 2. The molecule has 0 spiro atoms. The monoisotopic (exact) mass is 426 g/mol. The highest BCUT2D eigenvalue weighted by molar-refractivity contribution is 7.92. The first-order chi connectivity index (χ1) is 13.3. The van der Waals surface area contributed by atoms with Gasteiger partial charge in [-0.05, 0) is 18.7 Å². The van der Waals surface area contributed by atoms with Gasteiger partial charge in [0.25, 0.3) is 5.91 Å². The molecule has 0 saturated heterocycles. The van der Waals surface area contributed by atoms with Crippen molar-refractivity contribution in [3.05, 3.63) is 36.0 Å². The molecule has 1 aromatic heterocycles. The third-order valence-corrected chi connectivity index (χ3v) is 6.13. The Morgan fingerprint density at radius 1 is 1.18 bits per heavy atom. The molecule has 1 heterocycles. The van der Waals surface area contributed by atoms with E-state index in [2.05, 4.69) is 20.9 Å². The summed E-state index contributed by atoms with van der Waals surface area (Å²) >= 11 is 0.845. The molecule has 0 atom stereocenters. The highest BCUT2D eigenvalue weighted by Crippen LogP contribution is 2.25. The topological polar surface area (TPSA) is 126 Å². The SMILES string of the molecule is CCNCCNCC(=O)Oc1ccccc1C(=O)Nc1ncc(S(C)(=O)=O)s1. The van der Waals surface area contributed by atoms with E-state index in [0.29, 0.717) is 6.54 Å². The van der Waals surface area contributed by atoms with Gasteiger partial charge in [-0.25, -0.2) is 13.4 Å². The number of rotatable bonds is 10. The van der Waals surface area contributed by atoms with Crippen molar-refractivity contribution in [2.75, 3.05) is 37.8 Å². The predicted molar refractivity (Wildman–Crippen MR) is 107 cm³/mol. The fourth-order valence-electron chi connectivity index (χ4n) is 2.10. The van der Waals surface area contributed by atoms with Crippen LogP contribution >= 0.6 is 11.3 Å². The quantitative estimate of drug-likeness (QED) is 0.291. The molecule has 28 heavy (non-hydrogen) atoms. The first-order valence-electron chi connectivity index (χ1n) is 8.49. The Kier molecular flexibility index (Phi) is 8.05. The number of sulfone groups is 1. The first-order valence-corrected chi connectivity index (χ1v) is 11.2. The zero-order chi connectivity index (χ0) is 20.6. The van der Waals surface area contributed by atoms with E-state index in [-0.39, 0.29) is 27.2 Å². The number of amides is 1. The van der Waals surface area contributed by atoms with Crippen LogP contribution in [0.2, 0.25) is 0 Å². The summed E-state index contributed by atoms with van der Waals surface area (Å²) in [5, 5.41) is 8.72. The van der Waals surface area contributed by atoms with Gasteiger partial charge < -0.3 is 15.4 Å². The Bertz CT molecular complexity index is 927. The molecule has 0 bridgehead atoms. The van der Waals surface area contributed by atoms with Crippen molar-refractivity contribution in [1.29, 1.82) is 0 Å². The summed E-state index contributed by atoms with van der Waals surface area (Å²) in [4.78, 5) is 28.4. The lowest BCUT2D eigenvalue weighted by Crippen LogP contribution is -2.32. The first kappa shape index (κ1) is 22.0. The van der Waals surface area contributed by atoms with Gasteiger partial charge in [-0.15, -0.1) is 0 Å². The largest absolute Gasteiger partial charge is 0.425 e. The van der Waals surface area contributed by atoms with Gasteiger partial charge in [0.15, 0.2) is 15.0 Å². The van der Waals surface area contributed by atoms with Crippen LogP contribution < -0.4 is 20.7 Å². The molecule has 1 amide bonds. The molecule has 0 saturated carbocycles. The summed E-state index contributed by atoms with van der Waals surface area (Å²) in [6, 6.07) is 6.28. The van der Waals surface area contributed by atoms with Gasteiger partial charge in [0.1, 0.15) is 9.96 Å². The van der Waals surface area contributed by atoms with Crippen LogP contribution in [0, 0.1) is 0 Å². The number of carbonyl (C=O) groups excluding carboxylic acids is 2. The normalized spacial score (nSPS) is 11.2. The molecule has 3 N–H and O–H groups in total. The van der Waals surface area contributed by atoms with E-state index in [1.165, 1.54) is 18.3 Å². The van der Waals surface area contributed by atoms with Crippen molar-refractivity contribution in [1.82, 2.24) is 15.6 Å². The number of likely N-dealkylation sites (N-methyl/N-ethyl adjacent to an activating group) is 1. The number of anilines is 1. The Labute approximate surface area is 167 Å². The van der Waals surface area contributed by atoms with E-state index in [4.69, 9.17) is 4.74 Å². The maximum Gasteiger partial charge on any atom is 0.325 e. The molecule has 0 aliphatic rings. The van der Waals surface area contributed by atoms with Gasteiger partial charge in [0, 0.05) is 19.3 Å². The molecule has 2 rings (SSSR count). The molecular formula is C17H22N4O5S2. The standard InChI is InChI=1S/C17H22N4O5S2/c1-3-18-8-9-19-10-14(22)26-13-7-5-4-6-12(13)16(23)21-17-20-11-15(27-17)28(2,24)25/h4-7,11,18-19H,3,8-10H2,1-2H3,(H,20,21,23). The minimum atomic E-state index is -3.40. The number of nitrogens with zero attached hydrogens (tertiary/aromatic N) is 1. The number of nitrogens with one attached hydrogen (secondary N) is 3. The number of benzene rings is 1. The number of esters is 1. The summed E-state index contributed by atoms with van der Waals surface area (Å²) < 4.78 is 28.3.